The molecule has 4 aliphatic carbocycles. The molecule has 5 heteroatoms. The van der Waals surface area contributed by atoms with Crippen LogP contribution < -0.4 is 10.5 Å². The van der Waals surface area contributed by atoms with Crippen molar-refractivity contribution in [1.82, 2.24) is 0 Å². The molecule has 5 nitrogen and oxygen atoms in total. The van der Waals surface area contributed by atoms with Gasteiger partial charge < -0.3 is 15.2 Å². The minimum absolute atomic E-state index is 0.204. The lowest BCUT2D eigenvalue weighted by atomic mass is 9.48. The number of nitrogens with two attached hydrogens (primary N) is 1. The molecule has 0 unspecified atom stereocenters. The van der Waals surface area contributed by atoms with Crippen LogP contribution in [0.3, 0.4) is 0 Å². The number of benzene rings is 2. The topological polar surface area (TPSA) is 78.6 Å². The van der Waals surface area contributed by atoms with Crippen LogP contribution in [0.2, 0.25) is 0 Å². The van der Waals surface area contributed by atoms with Gasteiger partial charge in [-0.05, 0) is 123 Å². The molecule has 0 radical (unpaired) electrons. The first-order valence-electron chi connectivity index (χ1n) is 13.7. The van der Waals surface area contributed by atoms with Gasteiger partial charge in [0.15, 0.2) is 0 Å². The summed E-state index contributed by atoms with van der Waals surface area (Å²) in [6.07, 6.45) is 11.1. The van der Waals surface area contributed by atoms with Gasteiger partial charge in [0.25, 0.3) is 0 Å². The van der Waals surface area contributed by atoms with Gasteiger partial charge in [0.1, 0.15) is 5.75 Å². The molecule has 6 rings (SSSR count). The largest absolute Gasteiger partial charge is 0.493 e. The Kier molecular flexibility index (Phi) is 7.55. The fourth-order valence-electron chi connectivity index (χ4n) is 7.30. The Morgan fingerprint density at radius 1 is 0.892 bits per heavy atom. The Hall–Kier alpha value is -3.26. The molecule has 0 atom stereocenters. The molecular weight excluding hydrogens is 462 g/mol. The quantitative estimate of drug-likeness (QED) is 0.270. The van der Waals surface area contributed by atoms with Crippen LogP contribution >= 0.6 is 0 Å². The van der Waals surface area contributed by atoms with Crippen LogP contribution in [0, 0.1) is 29.6 Å². The highest BCUT2D eigenvalue weighted by molar-refractivity contribution is 5.89. The van der Waals surface area contributed by atoms with E-state index in [9.17, 15) is 9.59 Å². The molecule has 4 aliphatic rings. The maximum absolute atomic E-state index is 11.7. The molecule has 37 heavy (non-hydrogen) atoms. The first-order chi connectivity index (χ1) is 17.9. The van der Waals surface area contributed by atoms with Gasteiger partial charge in [0.2, 0.25) is 5.91 Å². The number of unbranched alkanes of at least 4 members (excludes halogenated alkanes) is 2. The summed E-state index contributed by atoms with van der Waals surface area (Å²) in [6, 6.07) is 13.7. The average molecular weight is 500 g/mol. The van der Waals surface area contributed by atoms with E-state index in [1.165, 1.54) is 51.2 Å². The summed E-state index contributed by atoms with van der Waals surface area (Å²) in [5, 5.41) is 0. The number of carbonyl (C=O) groups is 2. The molecule has 4 fully saturated rings. The normalized spacial score (nSPS) is 25.3. The molecule has 2 N–H and O–H groups in total. The standard InChI is InChI=1S/C32H37NO4/c1-36-31(35)27-11-8-22(9-12-27)6-7-23-10-13-29(37-14-4-2-3-5-30(33)34)28(18-23)32-19-24-15-25(20-32)17-26(16-24)21-32/h8-13,18,24-26H,2-5,14-17,19-21H2,1H3,(H2,33,34). The third-order valence-electron chi connectivity index (χ3n) is 8.57. The zero-order valence-corrected chi connectivity index (χ0v) is 21.8. The fraction of sp³-hybridized carbons (Fsp3) is 0.500. The van der Waals surface area contributed by atoms with Crippen LogP contribution in [0.4, 0.5) is 0 Å². The molecule has 0 spiro atoms. The SMILES string of the molecule is COC(=O)c1ccc(C#Cc2ccc(OCCCCCC(N)=O)c(C34CC5CC(CC(C5)C3)C4)c2)cc1. The second-order valence-electron chi connectivity index (χ2n) is 11.4. The number of hydrogen-bond acceptors (Lipinski definition) is 4. The first kappa shape index (κ1) is 25.4. The summed E-state index contributed by atoms with van der Waals surface area (Å²) in [6.45, 7) is 0.649. The highest BCUT2D eigenvalue weighted by atomic mass is 16.5. The molecule has 4 bridgehead atoms. The molecule has 2 aromatic carbocycles. The van der Waals surface area contributed by atoms with Crippen molar-refractivity contribution in [3.63, 3.8) is 0 Å². The van der Waals surface area contributed by atoms with Gasteiger partial charge in [-0.25, -0.2) is 4.79 Å². The van der Waals surface area contributed by atoms with Gasteiger partial charge in [0, 0.05) is 23.1 Å². The number of hydrogen-bond donors (Lipinski definition) is 1. The molecule has 0 aliphatic heterocycles. The molecular formula is C32H37NO4. The van der Waals surface area contributed by atoms with Crippen LogP contribution in [0.1, 0.15) is 91.3 Å². The second-order valence-corrected chi connectivity index (χ2v) is 11.4. The number of amides is 1. The monoisotopic (exact) mass is 499 g/mol. The predicted molar refractivity (Wildman–Crippen MR) is 143 cm³/mol. The molecule has 1 amide bonds. The number of carbonyl (C=O) groups excluding carboxylic acids is 2. The Labute approximate surface area is 220 Å². The van der Waals surface area contributed by atoms with Crippen molar-refractivity contribution >= 4 is 11.9 Å². The Morgan fingerprint density at radius 2 is 1.51 bits per heavy atom. The molecule has 194 valence electrons. The van der Waals surface area contributed by atoms with Crippen LogP contribution in [-0.2, 0) is 14.9 Å². The van der Waals surface area contributed by atoms with Crippen LogP contribution in [-0.4, -0.2) is 25.6 Å². The van der Waals surface area contributed by atoms with E-state index in [4.69, 9.17) is 15.2 Å². The van der Waals surface area contributed by atoms with Gasteiger partial charge in [-0.3, -0.25) is 4.79 Å². The van der Waals surface area contributed by atoms with Crippen molar-refractivity contribution in [2.24, 2.45) is 23.5 Å². The van der Waals surface area contributed by atoms with E-state index in [0.717, 1.165) is 53.9 Å². The second kappa shape index (κ2) is 11.0. The maximum Gasteiger partial charge on any atom is 0.337 e. The smallest absolute Gasteiger partial charge is 0.337 e. The Bertz CT molecular complexity index is 1170. The van der Waals surface area contributed by atoms with Gasteiger partial charge in [-0.15, -0.1) is 0 Å². The van der Waals surface area contributed by atoms with Crippen molar-refractivity contribution in [2.45, 2.75) is 69.6 Å². The van der Waals surface area contributed by atoms with Gasteiger partial charge >= 0.3 is 5.97 Å². The van der Waals surface area contributed by atoms with Crippen molar-refractivity contribution in [1.29, 1.82) is 0 Å². The van der Waals surface area contributed by atoms with Gasteiger partial charge in [0.05, 0.1) is 19.3 Å². The Morgan fingerprint density at radius 3 is 2.14 bits per heavy atom. The maximum atomic E-state index is 11.7. The lowest BCUT2D eigenvalue weighted by molar-refractivity contribution is -0.118. The first-order valence-corrected chi connectivity index (χ1v) is 13.7. The zero-order chi connectivity index (χ0) is 25.8. The highest BCUT2D eigenvalue weighted by Gasteiger charge is 2.52. The van der Waals surface area contributed by atoms with Crippen molar-refractivity contribution in [2.75, 3.05) is 13.7 Å². The Balaban J connectivity index is 1.36. The summed E-state index contributed by atoms with van der Waals surface area (Å²) >= 11 is 0. The number of ether oxygens (including phenoxy) is 2. The lowest BCUT2D eigenvalue weighted by Crippen LogP contribution is -2.48. The third-order valence-corrected chi connectivity index (χ3v) is 8.57. The van der Waals surface area contributed by atoms with Crippen molar-refractivity contribution in [3.8, 4) is 17.6 Å². The summed E-state index contributed by atoms with van der Waals surface area (Å²) in [4.78, 5) is 22.7. The van der Waals surface area contributed by atoms with Gasteiger partial charge in [-0.2, -0.15) is 0 Å². The van der Waals surface area contributed by atoms with Gasteiger partial charge in [-0.1, -0.05) is 11.8 Å². The molecule has 0 saturated heterocycles. The molecule has 0 heterocycles. The van der Waals surface area contributed by atoms with E-state index >= 15 is 0 Å². The summed E-state index contributed by atoms with van der Waals surface area (Å²) in [5.74, 6) is 9.57. The molecule has 0 aromatic heterocycles. The predicted octanol–water partition coefficient (Wildman–Crippen LogP) is 5.77. The zero-order valence-electron chi connectivity index (χ0n) is 21.8. The average Bonchev–Trinajstić information content (AvgIpc) is 2.88. The van der Waals surface area contributed by atoms with E-state index in [2.05, 4.69) is 30.0 Å². The van der Waals surface area contributed by atoms with E-state index < -0.39 is 0 Å². The summed E-state index contributed by atoms with van der Waals surface area (Å²) in [7, 11) is 1.38. The van der Waals surface area contributed by atoms with Crippen LogP contribution in [0.25, 0.3) is 0 Å². The highest BCUT2D eigenvalue weighted by Crippen LogP contribution is 2.62. The molecule has 4 saturated carbocycles. The minimum Gasteiger partial charge on any atom is -0.493 e. The van der Waals surface area contributed by atoms with Crippen molar-refractivity contribution in [3.05, 3.63) is 64.7 Å². The van der Waals surface area contributed by atoms with E-state index in [0.29, 0.717) is 18.6 Å². The third kappa shape index (κ3) is 5.85. The van der Waals surface area contributed by atoms with E-state index in [1.54, 1.807) is 12.1 Å². The fourth-order valence-corrected chi connectivity index (χ4v) is 7.30. The number of esters is 1. The van der Waals surface area contributed by atoms with Crippen LogP contribution in [0.15, 0.2) is 42.5 Å². The summed E-state index contributed by atoms with van der Waals surface area (Å²) in [5.41, 5.74) is 9.19. The number of primary amides is 1. The van der Waals surface area contributed by atoms with E-state index in [1.807, 2.05) is 12.1 Å². The van der Waals surface area contributed by atoms with E-state index in [-0.39, 0.29) is 17.3 Å². The van der Waals surface area contributed by atoms with Crippen LogP contribution in [0.5, 0.6) is 5.75 Å². The summed E-state index contributed by atoms with van der Waals surface area (Å²) < 4.78 is 11.2. The number of methoxy groups -OCH3 is 1. The minimum atomic E-state index is -0.344. The number of rotatable bonds is 9. The lowest BCUT2D eigenvalue weighted by Gasteiger charge is -2.57. The molecule has 2 aromatic rings. The van der Waals surface area contributed by atoms with Crippen molar-refractivity contribution < 1.29 is 19.1 Å².